The van der Waals surface area contributed by atoms with E-state index >= 15 is 0 Å². The van der Waals surface area contributed by atoms with Gasteiger partial charge in [0.2, 0.25) is 0 Å². The molecule has 0 aromatic heterocycles. The van der Waals surface area contributed by atoms with Gasteiger partial charge in [0.25, 0.3) is 0 Å². The fraction of sp³-hybridized carbons (Fsp3) is 0.100. The zero-order valence-electron chi connectivity index (χ0n) is 13.6. The summed E-state index contributed by atoms with van der Waals surface area (Å²) in [5.41, 5.74) is 2.80. The summed E-state index contributed by atoms with van der Waals surface area (Å²) < 4.78 is 5.78. The molecule has 26 heavy (non-hydrogen) atoms. The van der Waals surface area contributed by atoms with Crippen molar-refractivity contribution in [1.29, 1.82) is 0 Å². The number of nitrogens with one attached hydrogen (secondary N) is 1. The summed E-state index contributed by atoms with van der Waals surface area (Å²) in [6, 6.07) is 18.6. The highest BCUT2D eigenvalue weighted by Crippen LogP contribution is 2.35. The highest BCUT2D eigenvalue weighted by molar-refractivity contribution is 6.37. The lowest BCUT2D eigenvalue weighted by Crippen LogP contribution is -2.01. The van der Waals surface area contributed by atoms with E-state index in [1.54, 1.807) is 0 Å². The third kappa shape index (κ3) is 5.21. The number of rotatable bonds is 6. The van der Waals surface area contributed by atoms with Crippen LogP contribution in [0, 0.1) is 0 Å². The standard InChI is InChI=1S/C20H15Cl4NO/c21-15-4-1-3-13(7-15)12-26-20-18(23)8-14(9-19(20)24)11-25-17-6-2-5-16(22)10-17/h1-10,25H,11-12H2. The molecule has 0 unspecified atom stereocenters. The number of ether oxygens (including phenoxy) is 1. The Labute approximate surface area is 172 Å². The van der Waals surface area contributed by atoms with Crippen LogP contribution < -0.4 is 10.1 Å². The van der Waals surface area contributed by atoms with Gasteiger partial charge in [0.1, 0.15) is 6.61 Å². The molecule has 3 aromatic rings. The van der Waals surface area contributed by atoms with E-state index in [1.165, 1.54) is 0 Å². The maximum Gasteiger partial charge on any atom is 0.156 e. The summed E-state index contributed by atoms with van der Waals surface area (Å²) in [6.45, 7) is 0.897. The van der Waals surface area contributed by atoms with E-state index in [4.69, 9.17) is 51.1 Å². The van der Waals surface area contributed by atoms with E-state index < -0.39 is 0 Å². The number of hydrogen-bond acceptors (Lipinski definition) is 2. The second kappa shape index (κ2) is 8.88. The largest absolute Gasteiger partial charge is 0.486 e. The van der Waals surface area contributed by atoms with Crippen LogP contribution in [0.1, 0.15) is 11.1 Å². The number of hydrogen-bond donors (Lipinski definition) is 1. The Morgan fingerprint density at radius 3 is 2.04 bits per heavy atom. The lowest BCUT2D eigenvalue weighted by Gasteiger charge is -2.13. The number of anilines is 1. The summed E-state index contributed by atoms with van der Waals surface area (Å²) in [5.74, 6) is 0.458. The zero-order chi connectivity index (χ0) is 18.5. The predicted molar refractivity (Wildman–Crippen MR) is 111 cm³/mol. The van der Waals surface area contributed by atoms with Crippen molar-refractivity contribution in [3.8, 4) is 5.75 Å². The van der Waals surface area contributed by atoms with Gasteiger partial charge in [0.15, 0.2) is 5.75 Å². The Morgan fingerprint density at radius 2 is 1.38 bits per heavy atom. The molecule has 134 valence electrons. The van der Waals surface area contributed by atoms with Gasteiger partial charge < -0.3 is 10.1 Å². The van der Waals surface area contributed by atoms with Crippen molar-refractivity contribution in [3.05, 3.63) is 91.9 Å². The molecule has 0 aliphatic heterocycles. The second-order valence-electron chi connectivity index (χ2n) is 5.67. The van der Waals surface area contributed by atoms with E-state index in [0.717, 1.165) is 16.8 Å². The Balaban J connectivity index is 1.67. The van der Waals surface area contributed by atoms with Crippen molar-refractivity contribution >= 4 is 52.1 Å². The van der Waals surface area contributed by atoms with E-state index in [9.17, 15) is 0 Å². The molecule has 0 aliphatic carbocycles. The van der Waals surface area contributed by atoms with Gasteiger partial charge in [-0.2, -0.15) is 0 Å². The molecule has 1 N–H and O–H groups in total. The predicted octanol–water partition coefficient (Wildman–Crippen LogP) is 7.49. The maximum atomic E-state index is 6.35. The van der Waals surface area contributed by atoms with E-state index in [2.05, 4.69) is 5.32 Å². The molecule has 0 amide bonds. The highest BCUT2D eigenvalue weighted by Gasteiger charge is 2.10. The minimum atomic E-state index is 0.333. The molecule has 0 aliphatic rings. The van der Waals surface area contributed by atoms with E-state index in [0.29, 0.717) is 39.0 Å². The van der Waals surface area contributed by atoms with Crippen LogP contribution in [0.4, 0.5) is 5.69 Å². The Hall–Kier alpha value is -1.58. The van der Waals surface area contributed by atoms with Gasteiger partial charge in [-0.15, -0.1) is 0 Å². The molecule has 0 radical (unpaired) electrons. The van der Waals surface area contributed by atoms with Gasteiger partial charge in [0.05, 0.1) is 10.0 Å². The molecular weight excluding hydrogens is 412 g/mol. The van der Waals surface area contributed by atoms with Crippen LogP contribution in [0.2, 0.25) is 20.1 Å². The Kier molecular flexibility index (Phi) is 6.55. The zero-order valence-corrected chi connectivity index (χ0v) is 16.6. The first-order valence-electron chi connectivity index (χ1n) is 7.86. The van der Waals surface area contributed by atoms with Gasteiger partial charge in [-0.3, -0.25) is 0 Å². The van der Waals surface area contributed by atoms with Crippen LogP contribution in [0.25, 0.3) is 0 Å². The van der Waals surface area contributed by atoms with Crippen LogP contribution in [0.3, 0.4) is 0 Å². The first kappa shape index (κ1) is 19.2. The summed E-state index contributed by atoms with van der Waals surface area (Å²) in [5, 5.41) is 5.54. The van der Waals surface area contributed by atoms with E-state index in [1.807, 2.05) is 60.7 Å². The van der Waals surface area contributed by atoms with Gasteiger partial charge in [-0.05, 0) is 53.6 Å². The van der Waals surface area contributed by atoms with Gasteiger partial charge in [-0.1, -0.05) is 64.6 Å². The second-order valence-corrected chi connectivity index (χ2v) is 7.36. The first-order chi connectivity index (χ1) is 12.5. The molecule has 0 bridgehead atoms. The van der Waals surface area contributed by atoms with Crippen molar-refractivity contribution in [1.82, 2.24) is 0 Å². The van der Waals surface area contributed by atoms with Crippen molar-refractivity contribution in [3.63, 3.8) is 0 Å². The summed E-state index contributed by atoms with van der Waals surface area (Å²) >= 11 is 24.7. The van der Waals surface area contributed by atoms with E-state index in [-0.39, 0.29) is 0 Å². The lowest BCUT2D eigenvalue weighted by atomic mass is 10.2. The highest BCUT2D eigenvalue weighted by atomic mass is 35.5. The minimum Gasteiger partial charge on any atom is -0.486 e. The third-order valence-electron chi connectivity index (χ3n) is 3.65. The molecular formula is C20H15Cl4NO. The molecule has 3 aromatic carbocycles. The summed E-state index contributed by atoms with van der Waals surface area (Å²) in [6.07, 6.45) is 0. The average molecular weight is 427 g/mol. The van der Waals surface area contributed by atoms with Gasteiger partial charge in [-0.25, -0.2) is 0 Å². The molecule has 0 heterocycles. The molecule has 0 fully saturated rings. The molecule has 2 nitrogen and oxygen atoms in total. The molecule has 6 heteroatoms. The Morgan fingerprint density at radius 1 is 0.731 bits per heavy atom. The molecule has 0 saturated heterocycles. The normalized spacial score (nSPS) is 10.6. The third-order valence-corrected chi connectivity index (χ3v) is 4.68. The van der Waals surface area contributed by atoms with Crippen LogP contribution in [-0.4, -0.2) is 0 Å². The number of benzene rings is 3. The molecule has 0 spiro atoms. The molecule has 0 atom stereocenters. The fourth-order valence-corrected chi connectivity index (χ4v) is 3.48. The first-order valence-corrected chi connectivity index (χ1v) is 9.37. The van der Waals surface area contributed by atoms with Crippen molar-refractivity contribution in [2.45, 2.75) is 13.2 Å². The average Bonchev–Trinajstić information content (AvgIpc) is 2.59. The van der Waals surface area contributed by atoms with Gasteiger partial charge in [0, 0.05) is 22.3 Å². The quantitative estimate of drug-likeness (QED) is 0.440. The minimum absolute atomic E-state index is 0.333. The molecule has 0 saturated carbocycles. The van der Waals surface area contributed by atoms with Crippen LogP contribution >= 0.6 is 46.4 Å². The fourth-order valence-electron chi connectivity index (χ4n) is 2.44. The SMILES string of the molecule is Clc1cccc(COc2c(Cl)cc(CNc3cccc(Cl)c3)cc2Cl)c1. The lowest BCUT2D eigenvalue weighted by molar-refractivity contribution is 0.306. The van der Waals surface area contributed by atoms with Crippen LogP contribution in [0.5, 0.6) is 5.75 Å². The summed E-state index contributed by atoms with van der Waals surface area (Å²) in [7, 11) is 0. The number of halogens is 4. The van der Waals surface area contributed by atoms with Crippen molar-refractivity contribution in [2.75, 3.05) is 5.32 Å². The smallest absolute Gasteiger partial charge is 0.156 e. The monoisotopic (exact) mass is 425 g/mol. The van der Waals surface area contributed by atoms with Gasteiger partial charge >= 0.3 is 0 Å². The summed E-state index contributed by atoms with van der Waals surface area (Å²) in [4.78, 5) is 0. The van der Waals surface area contributed by atoms with Crippen molar-refractivity contribution in [2.24, 2.45) is 0 Å². The van der Waals surface area contributed by atoms with Crippen LogP contribution in [0.15, 0.2) is 60.7 Å². The Bertz CT molecular complexity index is 891. The maximum absolute atomic E-state index is 6.35. The van der Waals surface area contributed by atoms with Crippen molar-refractivity contribution < 1.29 is 4.74 Å². The van der Waals surface area contributed by atoms with Crippen LogP contribution in [-0.2, 0) is 13.2 Å². The molecule has 3 rings (SSSR count). The topological polar surface area (TPSA) is 21.3 Å².